The number of rotatable bonds is 4. The molecule has 0 radical (unpaired) electrons. The van der Waals surface area contributed by atoms with Gasteiger partial charge in [0, 0.05) is 19.0 Å². The fourth-order valence-corrected chi connectivity index (χ4v) is 3.15. The van der Waals surface area contributed by atoms with Gasteiger partial charge in [0.1, 0.15) is 11.2 Å². The Kier molecular flexibility index (Phi) is 4.17. The topological polar surface area (TPSA) is 107 Å². The van der Waals surface area contributed by atoms with Gasteiger partial charge in [-0.3, -0.25) is 19.6 Å². The van der Waals surface area contributed by atoms with Gasteiger partial charge in [0.05, 0.1) is 0 Å². The van der Waals surface area contributed by atoms with E-state index in [1.165, 1.54) is 0 Å². The Morgan fingerprint density at radius 3 is 2.60 bits per heavy atom. The Hall–Kier alpha value is -2.59. The summed E-state index contributed by atoms with van der Waals surface area (Å²) in [7, 11) is 0. The van der Waals surface area contributed by atoms with Crippen molar-refractivity contribution in [2.24, 2.45) is 0 Å². The number of hydrogen-bond acceptors (Lipinski definition) is 4. The fraction of sp³-hybridized carbons (Fsp3) is 0.571. The molecule has 1 saturated carbocycles. The van der Waals surface area contributed by atoms with Gasteiger partial charge in [-0.1, -0.05) is 12.8 Å². The lowest BCUT2D eigenvalue weighted by Gasteiger charge is -2.19. The normalized spacial score (nSPS) is 19.6. The van der Waals surface area contributed by atoms with Crippen LogP contribution in [0.25, 0.3) is 0 Å². The quantitative estimate of drug-likeness (QED) is 0.710. The van der Waals surface area contributed by atoms with E-state index in [2.05, 4.69) is 15.7 Å². The highest BCUT2D eigenvalue weighted by Crippen LogP contribution is 2.35. The van der Waals surface area contributed by atoms with Gasteiger partial charge in [-0.25, -0.2) is 4.79 Å². The van der Waals surface area contributed by atoms with Crippen LogP contribution in [0.15, 0.2) is 6.07 Å². The Bertz CT molecular complexity index is 709. The van der Waals surface area contributed by atoms with Crippen molar-refractivity contribution in [3.05, 3.63) is 11.8 Å². The summed E-state index contributed by atoms with van der Waals surface area (Å²) in [4.78, 5) is 37.2. The Morgan fingerprint density at radius 2 is 2.00 bits per heavy atom. The molecule has 2 aliphatic rings. The maximum Gasteiger partial charge on any atom is 0.432 e. The second-order valence-electron chi connectivity index (χ2n) is 6.14. The van der Waals surface area contributed by atoms with Gasteiger partial charge < -0.3 is 10.6 Å². The second-order valence-corrected chi connectivity index (χ2v) is 6.14. The first-order valence-corrected chi connectivity index (χ1v) is 7.78. The average molecular weight is 359 g/mol. The SMILES string of the molecule is O=C(CCN1C(=O)NC2(CCCC2)C1=O)Nc1cc(C(F)(F)F)[nH]n1. The molecule has 0 bridgehead atoms. The average Bonchev–Trinajstić information content (AvgIpc) is 3.20. The van der Waals surface area contributed by atoms with Crippen LogP contribution >= 0.6 is 0 Å². The maximum atomic E-state index is 12.4. The van der Waals surface area contributed by atoms with Crippen LogP contribution in [0, 0.1) is 0 Å². The Labute approximate surface area is 140 Å². The molecule has 25 heavy (non-hydrogen) atoms. The molecule has 1 aromatic heterocycles. The van der Waals surface area contributed by atoms with Crippen molar-refractivity contribution >= 4 is 23.7 Å². The zero-order valence-electron chi connectivity index (χ0n) is 13.1. The molecule has 11 heteroatoms. The number of imide groups is 1. The van der Waals surface area contributed by atoms with E-state index in [4.69, 9.17) is 0 Å². The number of nitrogens with zero attached hydrogens (tertiary/aromatic N) is 2. The minimum atomic E-state index is -4.59. The molecule has 1 saturated heterocycles. The monoisotopic (exact) mass is 359 g/mol. The second kappa shape index (κ2) is 6.05. The fourth-order valence-electron chi connectivity index (χ4n) is 3.15. The van der Waals surface area contributed by atoms with Gasteiger partial charge in [0.25, 0.3) is 5.91 Å². The summed E-state index contributed by atoms with van der Waals surface area (Å²) in [5.41, 5.74) is -1.93. The van der Waals surface area contributed by atoms with Crippen molar-refractivity contribution in [2.75, 3.05) is 11.9 Å². The smallest absolute Gasteiger partial charge is 0.323 e. The summed E-state index contributed by atoms with van der Waals surface area (Å²) in [5, 5.41) is 10.0. The lowest BCUT2D eigenvalue weighted by molar-refractivity contribution is -0.141. The number of aromatic amines is 1. The predicted octanol–water partition coefficient (Wildman–Crippen LogP) is 1.62. The molecule has 4 amide bonds. The van der Waals surface area contributed by atoms with E-state index in [-0.39, 0.29) is 24.7 Å². The highest BCUT2D eigenvalue weighted by atomic mass is 19.4. The molecule has 0 aromatic carbocycles. The number of alkyl halides is 3. The number of halogens is 3. The van der Waals surface area contributed by atoms with Crippen molar-refractivity contribution in [1.29, 1.82) is 0 Å². The Morgan fingerprint density at radius 1 is 1.32 bits per heavy atom. The minimum Gasteiger partial charge on any atom is -0.323 e. The standard InChI is InChI=1S/C14H16F3N5O3/c15-14(16,17)8-7-9(21-20-8)18-10(23)3-6-22-11(24)13(19-12(22)25)4-1-2-5-13/h7H,1-6H2,(H,19,25)(H2,18,20,21,23). The summed E-state index contributed by atoms with van der Waals surface area (Å²) < 4.78 is 37.3. The molecule has 8 nitrogen and oxygen atoms in total. The zero-order valence-corrected chi connectivity index (χ0v) is 13.1. The van der Waals surface area contributed by atoms with Gasteiger partial charge in [-0.2, -0.15) is 18.3 Å². The maximum absolute atomic E-state index is 12.4. The van der Waals surface area contributed by atoms with E-state index in [1.807, 2.05) is 0 Å². The van der Waals surface area contributed by atoms with Crippen molar-refractivity contribution in [3.63, 3.8) is 0 Å². The minimum absolute atomic E-state index is 0.144. The van der Waals surface area contributed by atoms with Gasteiger partial charge in [-0.15, -0.1) is 0 Å². The molecule has 0 atom stereocenters. The summed E-state index contributed by atoms with van der Waals surface area (Å²) in [6.45, 7) is -0.144. The molecule has 3 rings (SSSR count). The molecule has 1 aliphatic carbocycles. The highest BCUT2D eigenvalue weighted by molar-refractivity contribution is 6.07. The van der Waals surface area contributed by atoms with E-state index in [0.717, 1.165) is 17.7 Å². The third-order valence-electron chi connectivity index (χ3n) is 4.42. The van der Waals surface area contributed by atoms with Crippen LogP contribution in [0.5, 0.6) is 0 Å². The van der Waals surface area contributed by atoms with Crippen molar-refractivity contribution in [1.82, 2.24) is 20.4 Å². The van der Waals surface area contributed by atoms with E-state index in [0.29, 0.717) is 18.9 Å². The van der Waals surface area contributed by atoms with Crippen LogP contribution in [-0.4, -0.2) is 45.0 Å². The van der Waals surface area contributed by atoms with Gasteiger partial charge in [-0.05, 0) is 12.8 Å². The zero-order chi connectivity index (χ0) is 18.2. The van der Waals surface area contributed by atoms with Crippen molar-refractivity contribution in [3.8, 4) is 0 Å². The molecule has 1 aromatic rings. The Balaban J connectivity index is 1.55. The molecule has 3 N–H and O–H groups in total. The van der Waals surface area contributed by atoms with Crippen molar-refractivity contribution < 1.29 is 27.6 Å². The summed E-state index contributed by atoms with van der Waals surface area (Å²) >= 11 is 0. The van der Waals surface area contributed by atoms with Crippen LogP contribution in [0.2, 0.25) is 0 Å². The lowest BCUT2D eigenvalue weighted by atomic mass is 9.98. The van der Waals surface area contributed by atoms with Gasteiger partial charge in [0.15, 0.2) is 5.82 Å². The first-order valence-electron chi connectivity index (χ1n) is 7.78. The van der Waals surface area contributed by atoms with E-state index in [1.54, 1.807) is 5.10 Å². The van der Waals surface area contributed by atoms with Gasteiger partial charge >= 0.3 is 12.2 Å². The first kappa shape index (κ1) is 17.2. The van der Waals surface area contributed by atoms with Crippen LogP contribution in [-0.2, 0) is 15.8 Å². The number of amides is 4. The van der Waals surface area contributed by atoms with Crippen LogP contribution in [0.3, 0.4) is 0 Å². The highest BCUT2D eigenvalue weighted by Gasteiger charge is 2.52. The molecule has 136 valence electrons. The molecular weight excluding hydrogens is 343 g/mol. The largest absolute Gasteiger partial charge is 0.432 e. The summed E-state index contributed by atoms with van der Waals surface area (Å²) in [6.07, 6.45) is -1.97. The molecule has 2 fully saturated rings. The van der Waals surface area contributed by atoms with E-state index in [9.17, 15) is 27.6 Å². The van der Waals surface area contributed by atoms with Crippen LogP contribution in [0.1, 0.15) is 37.8 Å². The van der Waals surface area contributed by atoms with E-state index < -0.39 is 29.3 Å². The third-order valence-corrected chi connectivity index (χ3v) is 4.42. The molecule has 2 heterocycles. The van der Waals surface area contributed by atoms with Crippen LogP contribution in [0.4, 0.5) is 23.8 Å². The number of anilines is 1. The number of carbonyl (C=O) groups excluding carboxylic acids is 3. The number of hydrogen-bond donors (Lipinski definition) is 3. The molecule has 0 unspecified atom stereocenters. The first-order chi connectivity index (χ1) is 11.7. The summed E-state index contributed by atoms with van der Waals surface area (Å²) in [5.74, 6) is -1.27. The van der Waals surface area contributed by atoms with E-state index >= 15 is 0 Å². The molecule has 1 spiro atoms. The number of nitrogens with one attached hydrogen (secondary N) is 3. The number of carbonyl (C=O) groups is 3. The molecular formula is C14H16F3N5O3. The predicted molar refractivity (Wildman–Crippen MR) is 78.3 cm³/mol. The van der Waals surface area contributed by atoms with Crippen LogP contribution < -0.4 is 10.6 Å². The summed E-state index contributed by atoms with van der Waals surface area (Å²) in [6, 6.07) is 0.123. The third kappa shape index (κ3) is 3.30. The van der Waals surface area contributed by atoms with Gasteiger partial charge in [0.2, 0.25) is 5.91 Å². The lowest BCUT2D eigenvalue weighted by Crippen LogP contribution is -2.44. The number of aromatic nitrogens is 2. The van der Waals surface area contributed by atoms with Crippen molar-refractivity contribution in [2.45, 2.75) is 43.8 Å². The molecule has 1 aliphatic heterocycles. The number of H-pyrrole nitrogens is 1. The number of urea groups is 1.